The summed E-state index contributed by atoms with van der Waals surface area (Å²) in [6.07, 6.45) is 0. The van der Waals surface area contributed by atoms with E-state index in [1.807, 2.05) is 13.0 Å². The van der Waals surface area contributed by atoms with Crippen LogP contribution in [0, 0.1) is 6.92 Å². The van der Waals surface area contributed by atoms with E-state index >= 15 is 0 Å². The van der Waals surface area contributed by atoms with Crippen LogP contribution in [0.1, 0.15) is 22.8 Å². The molecule has 1 saturated heterocycles. The van der Waals surface area contributed by atoms with Gasteiger partial charge in [0, 0.05) is 31.3 Å². The molecule has 0 unspecified atom stereocenters. The second-order valence-corrected chi connectivity index (χ2v) is 4.62. The number of nitrogens with zero attached hydrogens (tertiary/aromatic N) is 1. The molecule has 1 aromatic rings. The van der Waals surface area contributed by atoms with Crippen LogP contribution in [0.4, 0.5) is 5.69 Å². The van der Waals surface area contributed by atoms with Gasteiger partial charge in [-0.3, -0.25) is 9.59 Å². The molecule has 1 N–H and O–H groups in total. The monoisotopic (exact) mass is 262 g/mol. The van der Waals surface area contributed by atoms with Gasteiger partial charge in [0.2, 0.25) is 5.91 Å². The molecule has 102 valence electrons. The second-order valence-electron chi connectivity index (χ2n) is 4.62. The number of aryl methyl sites for hydroxylation is 1. The van der Waals surface area contributed by atoms with E-state index in [0.29, 0.717) is 37.6 Å². The van der Waals surface area contributed by atoms with E-state index in [1.165, 1.54) is 6.92 Å². The van der Waals surface area contributed by atoms with Crippen molar-refractivity contribution in [2.24, 2.45) is 0 Å². The minimum absolute atomic E-state index is 0.0186. The first-order valence-corrected chi connectivity index (χ1v) is 6.33. The SMILES string of the molecule is CC(=O)Nc1cc(C(=O)N2CCOCC2)ccc1C. The zero-order chi connectivity index (χ0) is 13.8. The number of amides is 2. The van der Waals surface area contributed by atoms with Crippen LogP contribution >= 0.6 is 0 Å². The van der Waals surface area contributed by atoms with E-state index < -0.39 is 0 Å². The first kappa shape index (κ1) is 13.5. The highest BCUT2D eigenvalue weighted by molar-refractivity contribution is 5.97. The summed E-state index contributed by atoms with van der Waals surface area (Å²) in [6, 6.07) is 5.37. The van der Waals surface area contributed by atoms with Gasteiger partial charge in [0.05, 0.1) is 13.2 Å². The molecule has 0 atom stereocenters. The fourth-order valence-electron chi connectivity index (χ4n) is 2.03. The Kier molecular flexibility index (Phi) is 4.16. The Hall–Kier alpha value is -1.88. The molecular formula is C14H18N2O3. The third kappa shape index (κ3) is 3.32. The average molecular weight is 262 g/mol. The molecule has 0 saturated carbocycles. The number of nitrogens with one attached hydrogen (secondary N) is 1. The molecule has 0 aliphatic carbocycles. The highest BCUT2D eigenvalue weighted by Crippen LogP contribution is 2.18. The summed E-state index contributed by atoms with van der Waals surface area (Å²) in [6.45, 7) is 5.74. The minimum Gasteiger partial charge on any atom is -0.378 e. The van der Waals surface area contributed by atoms with E-state index in [4.69, 9.17) is 4.74 Å². The average Bonchev–Trinajstić information content (AvgIpc) is 2.41. The fourth-order valence-corrected chi connectivity index (χ4v) is 2.03. The van der Waals surface area contributed by atoms with Crippen molar-refractivity contribution in [2.75, 3.05) is 31.6 Å². The van der Waals surface area contributed by atoms with Crippen molar-refractivity contribution in [3.8, 4) is 0 Å². The van der Waals surface area contributed by atoms with Crippen LogP contribution < -0.4 is 5.32 Å². The molecule has 0 aromatic heterocycles. The smallest absolute Gasteiger partial charge is 0.254 e. The lowest BCUT2D eigenvalue weighted by Crippen LogP contribution is -2.40. The van der Waals surface area contributed by atoms with Crippen LogP contribution in [0.5, 0.6) is 0 Å². The summed E-state index contributed by atoms with van der Waals surface area (Å²) in [7, 11) is 0. The third-order valence-corrected chi connectivity index (χ3v) is 3.09. The van der Waals surface area contributed by atoms with E-state index in [0.717, 1.165) is 5.56 Å². The number of rotatable bonds is 2. The summed E-state index contributed by atoms with van der Waals surface area (Å²) < 4.78 is 5.23. The highest BCUT2D eigenvalue weighted by atomic mass is 16.5. The van der Waals surface area contributed by atoms with Crippen molar-refractivity contribution < 1.29 is 14.3 Å². The van der Waals surface area contributed by atoms with Gasteiger partial charge in [-0.1, -0.05) is 6.07 Å². The lowest BCUT2D eigenvalue weighted by Gasteiger charge is -2.27. The minimum atomic E-state index is -0.140. The van der Waals surface area contributed by atoms with Crippen LogP contribution in [0.15, 0.2) is 18.2 Å². The van der Waals surface area contributed by atoms with Crippen LogP contribution in [-0.2, 0) is 9.53 Å². The molecule has 0 bridgehead atoms. The molecule has 5 nitrogen and oxygen atoms in total. The zero-order valence-corrected chi connectivity index (χ0v) is 11.2. The number of carbonyl (C=O) groups excluding carboxylic acids is 2. The lowest BCUT2D eigenvalue weighted by molar-refractivity contribution is -0.114. The number of morpholine rings is 1. The Morgan fingerprint density at radius 3 is 2.58 bits per heavy atom. The van der Waals surface area contributed by atoms with Crippen molar-refractivity contribution in [2.45, 2.75) is 13.8 Å². The van der Waals surface area contributed by atoms with E-state index in [9.17, 15) is 9.59 Å². The molecule has 1 heterocycles. The second kappa shape index (κ2) is 5.84. The molecular weight excluding hydrogens is 244 g/mol. The predicted octanol–water partition coefficient (Wildman–Crippen LogP) is 1.43. The van der Waals surface area contributed by atoms with Crippen LogP contribution in [0.3, 0.4) is 0 Å². The predicted molar refractivity (Wildman–Crippen MR) is 72.2 cm³/mol. The number of hydrogen-bond acceptors (Lipinski definition) is 3. The van der Waals surface area contributed by atoms with Gasteiger partial charge in [0.25, 0.3) is 5.91 Å². The molecule has 0 radical (unpaired) electrons. The van der Waals surface area contributed by atoms with Gasteiger partial charge in [-0.25, -0.2) is 0 Å². The number of ether oxygens (including phenoxy) is 1. The number of benzene rings is 1. The topological polar surface area (TPSA) is 58.6 Å². The highest BCUT2D eigenvalue weighted by Gasteiger charge is 2.19. The number of hydrogen-bond donors (Lipinski definition) is 1. The van der Waals surface area contributed by atoms with Gasteiger partial charge >= 0.3 is 0 Å². The third-order valence-electron chi connectivity index (χ3n) is 3.09. The van der Waals surface area contributed by atoms with Gasteiger partial charge in [-0.05, 0) is 24.6 Å². The van der Waals surface area contributed by atoms with Gasteiger partial charge < -0.3 is 15.0 Å². The van der Waals surface area contributed by atoms with Crippen molar-refractivity contribution in [1.29, 1.82) is 0 Å². The number of anilines is 1. The molecule has 0 spiro atoms. The molecule has 19 heavy (non-hydrogen) atoms. The maximum atomic E-state index is 12.3. The Labute approximate surface area is 112 Å². The van der Waals surface area contributed by atoms with Gasteiger partial charge in [-0.2, -0.15) is 0 Å². The number of carbonyl (C=O) groups is 2. The van der Waals surface area contributed by atoms with Crippen molar-refractivity contribution in [1.82, 2.24) is 4.90 Å². The first-order chi connectivity index (χ1) is 9.08. The first-order valence-electron chi connectivity index (χ1n) is 6.33. The Bertz CT molecular complexity index is 493. The van der Waals surface area contributed by atoms with E-state index in [2.05, 4.69) is 5.32 Å². The molecule has 2 rings (SSSR count). The zero-order valence-electron chi connectivity index (χ0n) is 11.2. The molecule has 1 aromatic carbocycles. The van der Waals surface area contributed by atoms with Crippen LogP contribution in [-0.4, -0.2) is 43.0 Å². The maximum absolute atomic E-state index is 12.3. The van der Waals surface area contributed by atoms with Crippen molar-refractivity contribution in [3.63, 3.8) is 0 Å². The van der Waals surface area contributed by atoms with Gasteiger partial charge in [0.1, 0.15) is 0 Å². The summed E-state index contributed by atoms with van der Waals surface area (Å²) >= 11 is 0. The molecule has 1 aliphatic rings. The summed E-state index contributed by atoms with van der Waals surface area (Å²) in [5, 5.41) is 2.74. The Morgan fingerprint density at radius 1 is 1.26 bits per heavy atom. The van der Waals surface area contributed by atoms with Gasteiger partial charge in [0.15, 0.2) is 0 Å². The van der Waals surface area contributed by atoms with E-state index in [-0.39, 0.29) is 11.8 Å². The van der Waals surface area contributed by atoms with Crippen LogP contribution in [0.25, 0.3) is 0 Å². The lowest BCUT2D eigenvalue weighted by atomic mass is 10.1. The van der Waals surface area contributed by atoms with E-state index in [1.54, 1.807) is 17.0 Å². The Morgan fingerprint density at radius 2 is 1.95 bits per heavy atom. The molecule has 2 amide bonds. The van der Waals surface area contributed by atoms with Crippen molar-refractivity contribution in [3.05, 3.63) is 29.3 Å². The normalized spacial score (nSPS) is 15.2. The van der Waals surface area contributed by atoms with Crippen molar-refractivity contribution >= 4 is 17.5 Å². The quantitative estimate of drug-likeness (QED) is 0.877. The summed E-state index contributed by atoms with van der Waals surface area (Å²) in [5.41, 5.74) is 2.22. The largest absolute Gasteiger partial charge is 0.378 e. The van der Waals surface area contributed by atoms with Gasteiger partial charge in [-0.15, -0.1) is 0 Å². The summed E-state index contributed by atoms with van der Waals surface area (Å²) in [4.78, 5) is 25.2. The molecule has 1 fully saturated rings. The standard InChI is InChI=1S/C14H18N2O3/c1-10-3-4-12(9-13(10)15-11(2)17)14(18)16-5-7-19-8-6-16/h3-4,9H,5-8H2,1-2H3,(H,15,17). The van der Waals surface area contributed by atoms with Crippen LogP contribution in [0.2, 0.25) is 0 Å². The molecule has 5 heteroatoms. The Balaban J connectivity index is 2.19. The molecule has 1 aliphatic heterocycles. The maximum Gasteiger partial charge on any atom is 0.254 e. The fraction of sp³-hybridized carbons (Fsp3) is 0.429. The summed E-state index contributed by atoms with van der Waals surface area (Å²) in [5.74, 6) is -0.158.